The number of carbonyl (C=O) groups is 1. The standard InChI is InChI=1S/C22H19N3O4S3/c26-17-8-7-14(32(28,29)25-11-3-4-12-25)13-16(17)23-21(27)19-9-10-20(30-19)22-24-15-5-1-2-6-18(15)31-22/h1-2,5-10,13,26H,3-4,11-12H2,(H,23,27). The Morgan fingerprint density at radius 1 is 1.03 bits per heavy atom. The summed E-state index contributed by atoms with van der Waals surface area (Å²) in [7, 11) is -3.66. The van der Waals surface area contributed by atoms with Crippen molar-refractivity contribution in [2.75, 3.05) is 18.4 Å². The van der Waals surface area contributed by atoms with E-state index in [1.807, 2.05) is 30.3 Å². The van der Waals surface area contributed by atoms with E-state index in [1.54, 1.807) is 17.4 Å². The summed E-state index contributed by atoms with van der Waals surface area (Å²) in [5.41, 5.74) is 0.970. The van der Waals surface area contributed by atoms with Gasteiger partial charge in [0.15, 0.2) is 0 Å². The van der Waals surface area contributed by atoms with Crippen molar-refractivity contribution in [3.8, 4) is 15.6 Å². The molecule has 7 nitrogen and oxygen atoms in total. The molecule has 164 valence electrons. The number of aromatic hydroxyl groups is 1. The first-order valence-electron chi connectivity index (χ1n) is 10.0. The number of fused-ring (bicyclic) bond motifs is 1. The van der Waals surface area contributed by atoms with Crippen molar-refractivity contribution < 1.29 is 18.3 Å². The lowest BCUT2D eigenvalue weighted by molar-refractivity contribution is 0.103. The minimum atomic E-state index is -3.66. The molecule has 3 heterocycles. The predicted octanol–water partition coefficient (Wildman–Crippen LogP) is 4.77. The van der Waals surface area contributed by atoms with E-state index in [4.69, 9.17) is 0 Å². The van der Waals surface area contributed by atoms with Crippen LogP contribution in [0.25, 0.3) is 20.1 Å². The lowest BCUT2D eigenvalue weighted by atomic mass is 10.3. The van der Waals surface area contributed by atoms with Crippen molar-refractivity contribution in [2.24, 2.45) is 0 Å². The lowest BCUT2D eigenvalue weighted by Crippen LogP contribution is -2.27. The molecule has 2 aromatic carbocycles. The van der Waals surface area contributed by atoms with Gasteiger partial charge < -0.3 is 10.4 Å². The number of hydrogen-bond donors (Lipinski definition) is 2. The number of anilines is 1. The zero-order valence-electron chi connectivity index (χ0n) is 16.8. The molecule has 0 atom stereocenters. The minimum absolute atomic E-state index is 0.0499. The monoisotopic (exact) mass is 485 g/mol. The van der Waals surface area contributed by atoms with Gasteiger partial charge in [0, 0.05) is 13.1 Å². The number of sulfonamides is 1. The molecule has 0 unspecified atom stereocenters. The Labute approximate surface area is 193 Å². The summed E-state index contributed by atoms with van der Waals surface area (Å²) in [6, 6.07) is 15.3. The fraction of sp³-hybridized carbons (Fsp3) is 0.182. The van der Waals surface area contributed by atoms with Crippen LogP contribution in [0.1, 0.15) is 22.5 Å². The third kappa shape index (κ3) is 3.90. The van der Waals surface area contributed by atoms with Crippen LogP contribution in [0, 0.1) is 0 Å². The number of carbonyl (C=O) groups excluding carboxylic acids is 1. The Hall–Kier alpha value is -2.79. The molecule has 32 heavy (non-hydrogen) atoms. The second kappa shape index (κ2) is 8.28. The van der Waals surface area contributed by atoms with E-state index in [9.17, 15) is 18.3 Å². The molecule has 1 aliphatic rings. The van der Waals surface area contributed by atoms with Crippen molar-refractivity contribution in [3.63, 3.8) is 0 Å². The van der Waals surface area contributed by atoms with Gasteiger partial charge in [0.1, 0.15) is 10.8 Å². The topological polar surface area (TPSA) is 99.6 Å². The number of phenolic OH excluding ortho intramolecular Hbond substituents is 1. The Morgan fingerprint density at radius 3 is 2.59 bits per heavy atom. The fourth-order valence-corrected chi connectivity index (χ4v) is 7.06. The molecule has 1 aliphatic heterocycles. The molecule has 0 radical (unpaired) electrons. The number of thiophene rings is 1. The SMILES string of the molecule is O=C(Nc1cc(S(=O)(=O)N2CCCC2)ccc1O)c1ccc(-c2nc3ccccc3s2)s1. The first-order chi connectivity index (χ1) is 15.4. The molecule has 10 heteroatoms. The zero-order valence-corrected chi connectivity index (χ0v) is 19.3. The number of nitrogens with one attached hydrogen (secondary N) is 1. The Morgan fingerprint density at radius 2 is 1.81 bits per heavy atom. The van der Waals surface area contributed by atoms with E-state index >= 15 is 0 Å². The Bertz CT molecular complexity index is 1390. The first kappa shape index (κ1) is 21.1. The van der Waals surface area contributed by atoms with E-state index in [0.717, 1.165) is 32.9 Å². The average molecular weight is 486 g/mol. The van der Waals surface area contributed by atoms with Gasteiger partial charge in [0.25, 0.3) is 5.91 Å². The average Bonchev–Trinajstić information content (AvgIpc) is 3.54. The van der Waals surface area contributed by atoms with E-state index < -0.39 is 15.9 Å². The molecule has 0 bridgehead atoms. The number of hydrogen-bond acceptors (Lipinski definition) is 7. The molecule has 0 aliphatic carbocycles. The Kier molecular flexibility index (Phi) is 5.46. The van der Waals surface area contributed by atoms with Crippen LogP contribution in [0.2, 0.25) is 0 Å². The van der Waals surface area contributed by atoms with Gasteiger partial charge in [-0.3, -0.25) is 4.79 Å². The van der Waals surface area contributed by atoms with Crippen molar-refractivity contribution in [2.45, 2.75) is 17.7 Å². The highest BCUT2D eigenvalue weighted by molar-refractivity contribution is 7.89. The molecule has 0 saturated carbocycles. The second-order valence-corrected chi connectivity index (χ2v) is 11.4. The predicted molar refractivity (Wildman–Crippen MR) is 127 cm³/mol. The molecular formula is C22H19N3O4S3. The van der Waals surface area contributed by atoms with Gasteiger partial charge in [0.05, 0.1) is 30.6 Å². The first-order valence-corrected chi connectivity index (χ1v) is 13.1. The molecule has 0 spiro atoms. The van der Waals surface area contributed by atoms with Crippen molar-refractivity contribution in [1.29, 1.82) is 0 Å². The maximum Gasteiger partial charge on any atom is 0.265 e. The number of amides is 1. The van der Waals surface area contributed by atoms with E-state index in [0.29, 0.717) is 18.0 Å². The fourth-order valence-electron chi connectivity index (χ4n) is 3.59. The number of aromatic nitrogens is 1. The summed E-state index contributed by atoms with van der Waals surface area (Å²) < 4.78 is 28.1. The number of rotatable bonds is 5. The van der Waals surface area contributed by atoms with Gasteiger partial charge >= 0.3 is 0 Å². The van der Waals surface area contributed by atoms with Crippen LogP contribution in [0.4, 0.5) is 5.69 Å². The maximum absolute atomic E-state index is 12.8. The van der Waals surface area contributed by atoms with Crippen LogP contribution in [-0.4, -0.2) is 41.8 Å². The van der Waals surface area contributed by atoms with Crippen LogP contribution in [0.15, 0.2) is 59.5 Å². The largest absolute Gasteiger partial charge is 0.506 e. The number of thiazole rings is 1. The molecule has 4 aromatic rings. The van der Waals surface area contributed by atoms with Crippen LogP contribution >= 0.6 is 22.7 Å². The summed E-state index contributed by atoms with van der Waals surface area (Å²) in [6.45, 7) is 0.962. The summed E-state index contributed by atoms with van der Waals surface area (Å²) >= 11 is 2.85. The van der Waals surface area contributed by atoms with E-state index in [1.165, 1.54) is 33.8 Å². The highest BCUT2D eigenvalue weighted by atomic mass is 32.2. The molecule has 1 amide bonds. The zero-order chi connectivity index (χ0) is 22.3. The third-order valence-electron chi connectivity index (χ3n) is 5.25. The van der Waals surface area contributed by atoms with Crippen LogP contribution < -0.4 is 5.32 Å². The molecule has 2 aromatic heterocycles. The molecule has 1 fully saturated rings. The van der Waals surface area contributed by atoms with E-state index in [-0.39, 0.29) is 16.3 Å². The number of para-hydroxylation sites is 1. The van der Waals surface area contributed by atoms with Crippen molar-refractivity contribution >= 4 is 54.5 Å². The highest BCUT2D eigenvalue weighted by Crippen LogP contribution is 2.35. The second-order valence-electron chi connectivity index (χ2n) is 7.39. The molecule has 1 saturated heterocycles. The molecular weight excluding hydrogens is 466 g/mol. The van der Waals surface area contributed by atoms with Gasteiger partial charge in [-0.25, -0.2) is 13.4 Å². The van der Waals surface area contributed by atoms with Crippen LogP contribution in [-0.2, 0) is 10.0 Å². The molecule has 2 N–H and O–H groups in total. The molecule has 5 rings (SSSR count). The van der Waals surface area contributed by atoms with Gasteiger partial charge in [-0.2, -0.15) is 4.31 Å². The van der Waals surface area contributed by atoms with Gasteiger partial charge in [0.2, 0.25) is 10.0 Å². The third-order valence-corrected chi connectivity index (χ3v) is 9.44. The Balaban J connectivity index is 1.38. The quantitative estimate of drug-likeness (QED) is 0.397. The highest BCUT2D eigenvalue weighted by Gasteiger charge is 2.28. The van der Waals surface area contributed by atoms with Gasteiger partial charge in [-0.1, -0.05) is 12.1 Å². The maximum atomic E-state index is 12.8. The summed E-state index contributed by atoms with van der Waals surface area (Å²) in [5.74, 6) is -0.616. The number of nitrogens with zero attached hydrogens (tertiary/aromatic N) is 2. The number of benzene rings is 2. The van der Waals surface area contributed by atoms with Gasteiger partial charge in [-0.05, 0) is 55.3 Å². The van der Waals surface area contributed by atoms with Crippen molar-refractivity contribution in [3.05, 3.63) is 59.5 Å². The summed E-state index contributed by atoms with van der Waals surface area (Å²) in [4.78, 5) is 18.8. The normalized spacial score (nSPS) is 14.8. The summed E-state index contributed by atoms with van der Waals surface area (Å²) in [6.07, 6.45) is 1.66. The number of phenols is 1. The lowest BCUT2D eigenvalue weighted by Gasteiger charge is -2.16. The van der Waals surface area contributed by atoms with Gasteiger partial charge in [-0.15, -0.1) is 22.7 Å². The smallest absolute Gasteiger partial charge is 0.265 e. The van der Waals surface area contributed by atoms with Crippen LogP contribution in [0.5, 0.6) is 5.75 Å². The summed E-state index contributed by atoms with van der Waals surface area (Å²) in [5, 5.41) is 13.7. The van der Waals surface area contributed by atoms with Crippen LogP contribution in [0.3, 0.4) is 0 Å². The van der Waals surface area contributed by atoms with Crippen molar-refractivity contribution in [1.82, 2.24) is 9.29 Å². The van der Waals surface area contributed by atoms with E-state index in [2.05, 4.69) is 10.3 Å². The minimum Gasteiger partial charge on any atom is -0.506 e.